The molecule has 1 amide bonds. The number of carbonyl (C=O) groups is 1. The van der Waals surface area contributed by atoms with E-state index in [9.17, 15) is 15.1 Å². The van der Waals surface area contributed by atoms with E-state index < -0.39 is 11.5 Å². The van der Waals surface area contributed by atoms with Crippen LogP contribution in [0.1, 0.15) is 88.4 Å². The lowest BCUT2D eigenvalue weighted by Gasteiger charge is -2.35. The van der Waals surface area contributed by atoms with Crippen LogP contribution in [0, 0.1) is 11.1 Å². The summed E-state index contributed by atoms with van der Waals surface area (Å²) in [5, 5.41) is 31.6. The average Bonchev–Trinajstić information content (AvgIpc) is 3.21. The molecular formula is C27H36N4O4. The van der Waals surface area contributed by atoms with Crippen molar-refractivity contribution in [1.29, 1.82) is 0 Å². The number of anilines is 1. The highest BCUT2D eigenvalue weighted by Crippen LogP contribution is 2.38. The molecular weight excluding hydrogens is 444 g/mol. The Hall–Kier alpha value is -3.13. The highest BCUT2D eigenvalue weighted by atomic mass is 16.5. The standard InChI is InChI=1S/C27H36N4O4/c1-6-35-25-15-21-18(16-30(29-21)20-12-10-19(11-13-20)27(4,5)33)14-22(25)28-26(32)24-9-7-8-23(17(2)3)31(24)34/h7-9,14-17,19-20,33H,6,10-13H2,1-5H3,(H,28,32). The second kappa shape index (κ2) is 9.85. The van der Waals surface area contributed by atoms with E-state index in [2.05, 4.69) is 5.32 Å². The summed E-state index contributed by atoms with van der Waals surface area (Å²) < 4.78 is 8.50. The van der Waals surface area contributed by atoms with Gasteiger partial charge in [0.05, 0.1) is 29.5 Å². The maximum Gasteiger partial charge on any atom is 0.321 e. The summed E-state index contributed by atoms with van der Waals surface area (Å²) in [7, 11) is 0. The number of rotatable bonds is 7. The predicted molar refractivity (Wildman–Crippen MR) is 136 cm³/mol. The summed E-state index contributed by atoms with van der Waals surface area (Å²) >= 11 is 0. The van der Waals surface area contributed by atoms with Gasteiger partial charge in [-0.1, -0.05) is 13.8 Å². The number of amides is 1. The molecule has 1 aromatic carbocycles. The highest BCUT2D eigenvalue weighted by molar-refractivity contribution is 6.04. The van der Waals surface area contributed by atoms with Crippen LogP contribution in [-0.4, -0.2) is 33.0 Å². The molecule has 1 aliphatic carbocycles. The predicted octanol–water partition coefficient (Wildman–Crippen LogP) is 4.95. The van der Waals surface area contributed by atoms with Crippen LogP contribution < -0.4 is 14.8 Å². The molecule has 8 nitrogen and oxygen atoms in total. The van der Waals surface area contributed by atoms with Gasteiger partial charge < -0.3 is 20.4 Å². The van der Waals surface area contributed by atoms with Crippen molar-refractivity contribution < 1.29 is 19.4 Å². The summed E-state index contributed by atoms with van der Waals surface area (Å²) in [4.78, 5) is 13.0. The molecule has 0 radical (unpaired) electrons. The SMILES string of the molecule is CCOc1cc2nn(C3CCC(C(C)(C)O)CC3)cc2cc1NC(=O)c1cccc(C(C)C)[n+]1[O-]. The first-order chi connectivity index (χ1) is 16.6. The molecule has 2 heterocycles. The van der Waals surface area contributed by atoms with Crippen LogP contribution in [0.15, 0.2) is 36.5 Å². The largest absolute Gasteiger partial charge is 0.618 e. The van der Waals surface area contributed by atoms with Crippen LogP contribution in [-0.2, 0) is 0 Å². The van der Waals surface area contributed by atoms with Gasteiger partial charge in [0.15, 0.2) is 5.69 Å². The summed E-state index contributed by atoms with van der Waals surface area (Å²) in [5.74, 6) is 0.329. The number of nitrogens with zero attached hydrogens (tertiary/aromatic N) is 3. The molecule has 4 rings (SSSR count). The molecule has 0 unspecified atom stereocenters. The van der Waals surface area contributed by atoms with E-state index in [1.54, 1.807) is 12.1 Å². The highest BCUT2D eigenvalue weighted by Gasteiger charge is 2.32. The Morgan fingerprint density at radius 3 is 2.63 bits per heavy atom. The number of benzene rings is 1. The molecule has 2 aromatic heterocycles. The van der Waals surface area contributed by atoms with Gasteiger partial charge in [0.25, 0.3) is 5.69 Å². The first-order valence-electron chi connectivity index (χ1n) is 12.5. The molecule has 2 N–H and O–H groups in total. The number of carbonyl (C=O) groups excluding carboxylic acids is 1. The zero-order valence-electron chi connectivity index (χ0n) is 21.2. The Balaban J connectivity index is 1.60. The molecule has 0 aliphatic heterocycles. The van der Waals surface area contributed by atoms with Crippen molar-refractivity contribution in [1.82, 2.24) is 9.78 Å². The molecule has 0 bridgehead atoms. The van der Waals surface area contributed by atoms with Crippen molar-refractivity contribution in [2.24, 2.45) is 5.92 Å². The Labute approximate surface area is 206 Å². The fourth-order valence-electron chi connectivity index (χ4n) is 4.97. The first kappa shape index (κ1) is 25.0. The minimum atomic E-state index is -0.657. The molecule has 8 heteroatoms. The van der Waals surface area contributed by atoms with Crippen molar-refractivity contribution in [2.75, 3.05) is 11.9 Å². The van der Waals surface area contributed by atoms with Gasteiger partial charge in [-0.2, -0.15) is 9.83 Å². The van der Waals surface area contributed by atoms with Crippen molar-refractivity contribution in [3.8, 4) is 5.75 Å². The number of nitrogens with one attached hydrogen (secondary N) is 1. The van der Waals surface area contributed by atoms with Gasteiger partial charge in [0.1, 0.15) is 5.75 Å². The number of fused-ring (bicyclic) bond motifs is 1. The fourth-order valence-corrected chi connectivity index (χ4v) is 4.97. The van der Waals surface area contributed by atoms with E-state index in [0.717, 1.165) is 36.6 Å². The molecule has 35 heavy (non-hydrogen) atoms. The lowest BCUT2D eigenvalue weighted by atomic mass is 9.77. The third-order valence-corrected chi connectivity index (χ3v) is 7.04. The summed E-state index contributed by atoms with van der Waals surface area (Å²) in [5.41, 5.74) is 1.22. The van der Waals surface area contributed by atoms with E-state index in [-0.39, 0.29) is 17.7 Å². The van der Waals surface area contributed by atoms with E-state index in [1.807, 2.05) is 57.6 Å². The molecule has 1 aliphatic rings. The summed E-state index contributed by atoms with van der Waals surface area (Å²) in [6.07, 6.45) is 5.84. The first-order valence-corrected chi connectivity index (χ1v) is 12.5. The van der Waals surface area contributed by atoms with Crippen molar-refractivity contribution in [3.63, 3.8) is 0 Å². The van der Waals surface area contributed by atoms with Crippen molar-refractivity contribution >= 4 is 22.5 Å². The molecule has 0 saturated heterocycles. The van der Waals surface area contributed by atoms with Crippen LogP contribution in [0.4, 0.5) is 5.69 Å². The Bertz CT molecular complexity index is 1200. The Morgan fingerprint density at radius 2 is 2.00 bits per heavy atom. The quantitative estimate of drug-likeness (QED) is 0.368. The van der Waals surface area contributed by atoms with E-state index in [4.69, 9.17) is 9.84 Å². The maximum absolute atomic E-state index is 13.0. The lowest BCUT2D eigenvalue weighted by Crippen LogP contribution is -2.41. The van der Waals surface area contributed by atoms with Gasteiger partial charge in [-0.25, -0.2) is 0 Å². The smallest absolute Gasteiger partial charge is 0.321 e. The minimum Gasteiger partial charge on any atom is -0.618 e. The number of pyridine rings is 1. The average molecular weight is 481 g/mol. The zero-order chi connectivity index (χ0) is 25.3. The van der Waals surface area contributed by atoms with Crippen LogP contribution >= 0.6 is 0 Å². The van der Waals surface area contributed by atoms with Crippen LogP contribution in [0.25, 0.3) is 10.9 Å². The monoisotopic (exact) mass is 480 g/mol. The van der Waals surface area contributed by atoms with Gasteiger partial charge in [-0.3, -0.25) is 9.48 Å². The number of ether oxygens (including phenoxy) is 1. The second-order valence-corrected chi connectivity index (χ2v) is 10.3. The van der Waals surface area contributed by atoms with Gasteiger partial charge in [-0.05, 0) is 64.5 Å². The second-order valence-electron chi connectivity index (χ2n) is 10.3. The fraction of sp³-hybridized carbons (Fsp3) is 0.519. The molecule has 188 valence electrons. The van der Waals surface area contributed by atoms with Gasteiger partial charge >= 0.3 is 5.91 Å². The zero-order valence-corrected chi connectivity index (χ0v) is 21.2. The van der Waals surface area contributed by atoms with Gasteiger partial charge in [-0.15, -0.1) is 0 Å². The number of hydrogen-bond donors (Lipinski definition) is 2. The van der Waals surface area contributed by atoms with E-state index >= 15 is 0 Å². The van der Waals surface area contributed by atoms with E-state index in [1.165, 1.54) is 6.07 Å². The topological polar surface area (TPSA) is 103 Å². The third kappa shape index (κ3) is 5.27. The Kier molecular flexibility index (Phi) is 7.03. The molecule has 1 saturated carbocycles. The van der Waals surface area contributed by atoms with Crippen molar-refractivity contribution in [2.45, 2.75) is 77.9 Å². The third-order valence-electron chi connectivity index (χ3n) is 7.04. The molecule has 1 fully saturated rings. The minimum absolute atomic E-state index is 0.0000542. The molecule has 3 aromatic rings. The number of aromatic nitrogens is 3. The number of aliphatic hydroxyl groups is 1. The van der Waals surface area contributed by atoms with Crippen LogP contribution in [0.5, 0.6) is 5.75 Å². The van der Waals surface area contributed by atoms with E-state index in [0.29, 0.717) is 34.4 Å². The summed E-state index contributed by atoms with van der Waals surface area (Å²) in [6.45, 7) is 9.92. The van der Waals surface area contributed by atoms with Gasteiger partial charge in [0.2, 0.25) is 0 Å². The van der Waals surface area contributed by atoms with Crippen molar-refractivity contribution in [3.05, 3.63) is 53.1 Å². The molecule has 0 spiro atoms. The lowest BCUT2D eigenvalue weighted by molar-refractivity contribution is -0.617. The molecule has 0 atom stereocenters. The normalized spacial score (nSPS) is 18.7. The van der Waals surface area contributed by atoms with Crippen LogP contribution in [0.2, 0.25) is 0 Å². The summed E-state index contributed by atoms with van der Waals surface area (Å²) in [6, 6.07) is 8.94. The Morgan fingerprint density at radius 1 is 1.29 bits per heavy atom. The maximum atomic E-state index is 13.0. The van der Waals surface area contributed by atoms with Gasteiger partial charge in [0, 0.05) is 35.7 Å². The number of hydrogen-bond acceptors (Lipinski definition) is 5. The van der Waals surface area contributed by atoms with Crippen LogP contribution in [0.3, 0.4) is 0 Å².